The van der Waals surface area contributed by atoms with Crippen molar-refractivity contribution in [1.29, 1.82) is 0 Å². The average molecular weight is 274 g/mol. The lowest BCUT2D eigenvalue weighted by molar-refractivity contribution is -0.313. The molecule has 1 amide bonds. The number of carboxylic acids is 1. The van der Waals surface area contributed by atoms with Crippen molar-refractivity contribution in [3.8, 4) is 0 Å². The first-order chi connectivity index (χ1) is 9.65. The molecule has 1 aromatic carbocycles. The van der Waals surface area contributed by atoms with Gasteiger partial charge in [-0.2, -0.15) is 0 Å². The number of benzene rings is 1. The number of nitrogens with zero attached hydrogens (tertiary/aromatic N) is 1. The summed E-state index contributed by atoms with van der Waals surface area (Å²) in [6.45, 7) is 2.45. The highest BCUT2D eigenvalue weighted by Gasteiger charge is 2.34. The molecule has 1 aromatic rings. The molecule has 2 atom stereocenters. The highest BCUT2D eigenvalue weighted by atomic mass is 16.4. The predicted molar refractivity (Wildman–Crippen MR) is 74.9 cm³/mol. The molecule has 4 heteroatoms. The highest BCUT2D eigenvalue weighted by molar-refractivity contribution is 5.97. The number of anilines is 1. The minimum absolute atomic E-state index is 0.0902. The van der Waals surface area contributed by atoms with Crippen molar-refractivity contribution in [2.75, 3.05) is 11.4 Å². The Hall–Kier alpha value is -1.84. The smallest absolute Gasteiger partial charge is 0.230 e. The molecule has 1 aliphatic carbocycles. The first-order valence-corrected chi connectivity index (χ1v) is 7.22. The molecule has 1 saturated carbocycles. The second-order valence-electron chi connectivity index (χ2n) is 5.23. The molecule has 0 N–H and O–H groups in total. The number of carbonyl (C=O) groups is 2. The number of rotatable bonds is 4. The molecule has 0 radical (unpaired) electrons. The number of carbonyl (C=O) groups excluding carboxylic acids is 2. The Morgan fingerprint density at radius 3 is 2.30 bits per heavy atom. The van der Waals surface area contributed by atoms with Crippen molar-refractivity contribution in [2.45, 2.75) is 32.6 Å². The predicted octanol–water partition coefficient (Wildman–Crippen LogP) is 1.60. The SMILES string of the molecule is CCN(C(=O)[C@H]1CCCC[C@H]1C(=O)[O-])c1ccccc1. The first-order valence-electron chi connectivity index (χ1n) is 7.22. The Bertz CT molecular complexity index is 472. The van der Waals surface area contributed by atoms with E-state index in [1.54, 1.807) is 4.90 Å². The van der Waals surface area contributed by atoms with Crippen LogP contribution in [-0.2, 0) is 9.59 Å². The third kappa shape index (κ3) is 3.00. The zero-order valence-corrected chi connectivity index (χ0v) is 11.7. The molecule has 0 bridgehead atoms. The van der Waals surface area contributed by atoms with E-state index in [2.05, 4.69) is 0 Å². The summed E-state index contributed by atoms with van der Waals surface area (Å²) in [5, 5.41) is 11.2. The van der Waals surface area contributed by atoms with Crippen LogP contribution in [0.3, 0.4) is 0 Å². The maximum Gasteiger partial charge on any atom is 0.230 e. The van der Waals surface area contributed by atoms with Crippen LogP contribution < -0.4 is 10.0 Å². The summed E-state index contributed by atoms with van der Waals surface area (Å²) < 4.78 is 0. The fraction of sp³-hybridized carbons (Fsp3) is 0.500. The van der Waals surface area contributed by atoms with E-state index in [9.17, 15) is 14.7 Å². The van der Waals surface area contributed by atoms with Crippen LogP contribution in [0.15, 0.2) is 30.3 Å². The lowest BCUT2D eigenvalue weighted by Gasteiger charge is -2.34. The van der Waals surface area contributed by atoms with Gasteiger partial charge in [0.1, 0.15) is 0 Å². The summed E-state index contributed by atoms with van der Waals surface area (Å²) in [6.07, 6.45) is 2.96. The van der Waals surface area contributed by atoms with Crippen molar-refractivity contribution >= 4 is 17.6 Å². The molecular formula is C16H20NO3-. The standard InChI is InChI=1S/C16H21NO3/c1-2-17(12-8-4-3-5-9-12)15(18)13-10-6-7-11-14(13)16(19)20/h3-5,8-9,13-14H,2,6-7,10-11H2,1H3,(H,19,20)/p-1/t13-,14+/m0/s1. The van der Waals surface area contributed by atoms with E-state index in [1.807, 2.05) is 37.3 Å². The molecule has 0 saturated heterocycles. The van der Waals surface area contributed by atoms with Crippen LogP contribution in [0, 0.1) is 11.8 Å². The van der Waals surface area contributed by atoms with Gasteiger partial charge in [-0.15, -0.1) is 0 Å². The number of carboxylic acid groups (broad SMARTS) is 1. The zero-order valence-electron chi connectivity index (χ0n) is 11.7. The lowest BCUT2D eigenvalue weighted by Crippen LogP contribution is -2.46. The van der Waals surface area contributed by atoms with E-state index in [-0.39, 0.29) is 5.91 Å². The van der Waals surface area contributed by atoms with Gasteiger partial charge >= 0.3 is 0 Å². The summed E-state index contributed by atoms with van der Waals surface area (Å²) in [5.74, 6) is -2.28. The second kappa shape index (κ2) is 6.55. The molecule has 1 aliphatic rings. The minimum atomic E-state index is -1.09. The van der Waals surface area contributed by atoms with Gasteiger partial charge in [-0.05, 0) is 31.9 Å². The largest absolute Gasteiger partial charge is 0.550 e. The summed E-state index contributed by atoms with van der Waals surface area (Å²) >= 11 is 0. The highest BCUT2D eigenvalue weighted by Crippen LogP contribution is 2.32. The van der Waals surface area contributed by atoms with Crippen molar-refractivity contribution < 1.29 is 14.7 Å². The molecule has 1 fully saturated rings. The number of hydrogen-bond donors (Lipinski definition) is 0. The molecule has 0 unspecified atom stereocenters. The molecule has 0 heterocycles. The normalized spacial score (nSPS) is 22.2. The van der Waals surface area contributed by atoms with E-state index in [0.29, 0.717) is 19.4 Å². The Balaban J connectivity index is 2.21. The second-order valence-corrected chi connectivity index (χ2v) is 5.23. The van der Waals surface area contributed by atoms with Crippen LogP contribution in [0.5, 0.6) is 0 Å². The molecule has 0 spiro atoms. The van der Waals surface area contributed by atoms with Gasteiger partial charge in [0.05, 0.1) is 0 Å². The Labute approximate surface area is 119 Å². The van der Waals surface area contributed by atoms with Gasteiger partial charge in [0, 0.05) is 30.0 Å². The Morgan fingerprint density at radius 1 is 1.15 bits per heavy atom. The topological polar surface area (TPSA) is 60.4 Å². The first kappa shape index (κ1) is 14.6. The maximum absolute atomic E-state index is 12.7. The van der Waals surface area contributed by atoms with Gasteiger partial charge in [0.15, 0.2) is 0 Å². The van der Waals surface area contributed by atoms with E-state index < -0.39 is 17.8 Å². The van der Waals surface area contributed by atoms with Crippen LogP contribution in [0.1, 0.15) is 32.6 Å². The third-order valence-corrected chi connectivity index (χ3v) is 4.04. The number of hydrogen-bond acceptors (Lipinski definition) is 3. The van der Waals surface area contributed by atoms with Gasteiger partial charge < -0.3 is 14.8 Å². The molecule has 108 valence electrons. The fourth-order valence-electron chi connectivity index (χ4n) is 2.98. The monoisotopic (exact) mass is 274 g/mol. The summed E-state index contributed by atoms with van der Waals surface area (Å²) in [6, 6.07) is 9.40. The van der Waals surface area contributed by atoms with Crippen LogP contribution in [-0.4, -0.2) is 18.4 Å². The average Bonchev–Trinajstić information content (AvgIpc) is 2.49. The third-order valence-electron chi connectivity index (χ3n) is 4.04. The zero-order chi connectivity index (χ0) is 14.5. The number of amides is 1. The number of para-hydroxylation sites is 1. The molecule has 2 rings (SSSR count). The Morgan fingerprint density at radius 2 is 1.75 bits per heavy atom. The quantitative estimate of drug-likeness (QED) is 0.837. The van der Waals surface area contributed by atoms with E-state index >= 15 is 0 Å². The van der Waals surface area contributed by atoms with Gasteiger partial charge in [0.2, 0.25) is 5.91 Å². The van der Waals surface area contributed by atoms with Gasteiger partial charge in [-0.25, -0.2) is 0 Å². The Kier molecular flexibility index (Phi) is 4.77. The van der Waals surface area contributed by atoms with E-state index in [4.69, 9.17) is 0 Å². The van der Waals surface area contributed by atoms with Crippen LogP contribution in [0.4, 0.5) is 5.69 Å². The van der Waals surface area contributed by atoms with Gasteiger partial charge in [-0.3, -0.25) is 4.79 Å². The molecule has 0 aliphatic heterocycles. The van der Waals surface area contributed by atoms with Crippen LogP contribution >= 0.6 is 0 Å². The maximum atomic E-state index is 12.7. The van der Waals surface area contributed by atoms with E-state index in [0.717, 1.165) is 18.5 Å². The van der Waals surface area contributed by atoms with Crippen molar-refractivity contribution in [3.05, 3.63) is 30.3 Å². The van der Waals surface area contributed by atoms with E-state index in [1.165, 1.54) is 0 Å². The summed E-state index contributed by atoms with van der Waals surface area (Å²) in [4.78, 5) is 25.6. The lowest BCUT2D eigenvalue weighted by atomic mass is 9.78. The van der Waals surface area contributed by atoms with Crippen molar-refractivity contribution in [1.82, 2.24) is 0 Å². The fourth-order valence-corrected chi connectivity index (χ4v) is 2.98. The molecule has 4 nitrogen and oxygen atoms in total. The minimum Gasteiger partial charge on any atom is -0.550 e. The molecule has 20 heavy (non-hydrogen) atoms. The van der Waals surface area contributed by atoms with Crippen LogP contribution in [0.25, 0.3) is 0 Å². The number of aliphatic carboxylic acids is 1. The summed E-state index contributed by atoms with van der Waals surface area (Å²) in [5.41, 5.74) is 0.822. The molecular weight excluding hydrogens is 254 g/mol. The van der Waals surface area contributed by atoms with Crippen molar-refractivity contribution in [3.63, 3.8) is 0 Å². The summed E-state index contributed by atoms with van der Waals surface area (Å²) in [7, 11) is 0. The van der Waals surface area contributed by atoms with Gasteiger partial charge in [-0.1, -0.05) is 31.0 Å². The van der Waals surface area contributed by atoms with Crippen molar-refractivity contribution in [2.24, 2.45) is 11.8 Å². The van der Waals surface area contributed by atoms with Gasteiger partial charge in [0.25, 0.3) is 0 Å². The van der Waals surface area contributed by atoms with Crippen LogP contribution in [0.2, 0.25) is 0 Å². The molecule has 0 aromatic heterocycles.